The number of benzene rings is 1. The predicted octanol–water partition coefficient (Wildman–Crippen LogP) is 2.08. The molecule has 6 heteroatoms. The quantitative estimate of drug-likeness (QED) is 0.851. The fourth-order valence-electron chi connectivity index (χ4n) is 2.32. The third-order valence-electron chi connectivity index (χ3n) is 3.54. The first-order chi connectivity index (χ1) is 10.2. The topological polar surface area (TPSA) is 72.9 Å². The standard InChI is InChI=1S/C15H18N4OS/c16-11-1-3-13(4-2-11)19-8-5-14(18-19)15(20)17-12-6-9-21-10-7-12/h1-5,8,12H,6-7,9-10,16H2,(H,17,20). The molecule has 3 N–H and O–H groups in total. The van der Waals surface area contributed by atoms with Gasteiger partial charge in [0, 0.05) is 17.9 Å². The second kappa shape index (κ2) is 6.22. The van der Waals surface area contributed by atoms with Gasteiger partial charge in [-0.3, -0.25) is 4.79 Å². The Kier molecular flexibility index (Phi) is 4.15. The van der Waals surface area contributed by atoms with Gasteiger partial charge in [-0.2, -0.15) is 16.9 Å². The minimum Gasteiger partial charge on any atom is -0.399 e. The number of rotatable bonds is 3. The number of amides is 1. The molecule has 5 nitrogen and oxygen atoms in total. The Morgan fingerprint density at radius 3 is 2.67 bits per heavy atom. The SMILES string of the molecule is Nc1ccc(-n2ccc(C(=O)NC3CCSCC3)n2)cc1. The first-order valence-corrected chi connectivity index (χ1v) is 8.18. The van der Waals surface area contributed by atoms with E-state index >= 15 is 0 Å². The van der Waals surface area contributed by atoms with Crippen molar-refractivity contribution in [2.45, 2.75) is 18.9 Å². The van der Waals surface area contributed by atoms with Gasteiger partial charge in [-0.15, -0.1) is 0 Å². The van der Waals surface area contributed by atoms with Crippen LogP contribution in [0.4, 0.5) is 5.69 Å². The van der Waals surface area contributed by atoms with Gasteiger partial charge in [0.1, 0.15) is 0 Å². The van der Waals surface area contributed by atoms with Gasteiger partial charge >= 0.3 is 0 Å². The molecule has 0 unspecified atom stereocenters. The van der Waals surface area contributed by atoms with Crippen molar-refractivity contribution in [1.29, 1.82) is 0 Å². The first-order valence-electron chi connectivity index (χ1n) is 7.02. The van der Waals surface area contributed by atoms with Crippen molar-refractivity contribution in [3.05, 3.63) is 42.2 Å². The van der Waals surface area contributed by atoms with Gasteiger partial charge in [0.2, 0.25) is 0 Å². The van der Waals surface area contributed by atoms with Crippen molar-refractivity contribution in [3.8, 4) is 5.69 Å². The van der Waals surface area contributed by atoms with Gasteiger partial charge in [0.15, 0.2) is 5.69 Å². The van der Waals surface area contributed by atoms with E-state index in [9.17, 15) is 4.79 Å². The molecule has 1 saturated heterocycles. The average molecular weight is 302 g/mol. The van der Waals surface area contributed by atoms with Crippen LogP contribution in [0.15, 0.2) is 36.5 Å². The molecule has 2 heterocycles. The van der Waals surface area contributed by atoms with Crippen LogP contribution in [0.2, 0.25) is 0 Å². The Morgan fingerprint density at radius 2 is 1.95 bits per heavy atom. The summed E-state index contributed by atoms with van der Waals surface area (Å²) in [6.07, 6.45) is 3.86. The molecule has 2 aromatic rings. The van der Waals surface area contributed by atoms with Gasteiger partial charge in [0.05, 0.1) is 5.69 Å². The number of nitrogens with two attached hydrogens (primary N) is 1. The summed E-state index contributed by atoms with van der Waals surface area (Å²) in [5, 5.41) is 7.40. The van der Waals surface area contributed by atoms with Crippen LogP contribution in [-0.4, -0.2) is 33.2 Å². The Hall–Kier alpha value is -1.95. The number of carbonyl (C=O) groups excluding carboxylic acids is 1. The molecule has 1 amide bonds. The largest absolute Gasteiger partial charge is 0.399 e. The number of aromatic nitrogens is 2. The number of anilines is 1. The van der Waals surface area contributed by atoms with Crippen LogP contribution in [0, 0.1) is 0 Å². The maximum atomic E-state index is 12.2. The zero-order chi connectivity index (χ0) is 14.7. The fourth-order valence-corrected chi connectivity index (χ4v) is 3.42. The lowest BCUT2D eigenvalue weighted by molar-refractivity contribution is 0.0929. The Balaban J connectivity index is 1.69. The molecular formula is C15H18N4OS. The van der Waals surface area contributed by atoms with Crippen molar-refractivity contribution >= 4 is 23.4 Å². The Labute approximate surface area is 127 Å². The summed E-state index contributed by atoms with van der Waals surface area (Å²) in [6.45, 7) is 0. The Morgan fingerprint density at radius 1 is 1.24 bits per heavy atom. The highest BCUT2D eigenvalue weighted by Gasteiger charge is 2.18. The van der Waals surface area contributed by atoms with Gasteiger partial charge in [0.25, 0.3) is 5.91 Å². The molecule has 0 saturated carbocycles. The van der Waals surface area contributed by atoms with Gasteiger partial charge in [-0.25, -0.2) is 4.68 Å². The van der Waals surface area contributed by atoms with E-state index in [1.54, 1.807) is 16.9 Å². The number of hydrogen-bond acceptors (Lipinski definition) is 4. The number of nitrogens with one attached hydrogen (secondary N) is 1. The van der Waals surface area contributed by atoms with Gasteiger partial charge in [-0.1, -0.05) is 0 Å². The summed E-state index contributed by atoms with van der Waals surface area (Å²) >= 11 is 1.94. The molecule has 1 aliphatic heterocycles. The lowest BCUT2D eigenvalue weighted by atomic mass is 10.1. The van der Waals surface area contributed by atoms with E-state index in [2.05, 4.69) is 10.4 Å². The first kappa shape index (κ1) is 14.0. The number of carbonyl (C=O) groups is 1. The molecule has 1 aromatic heterocycles. The highest BCUT2D eigenvalue weighted by Crippen LogP contribution is 2.17. The van der Waals surface area contributed by atoms with E-state index in [1.807, 2.05) is 36.0 Å². The summed E-state index contributed by atoms with van der Waals surface area (Å²) in [7, 11) is 0. The highest BCUT2D eigenvalue weighted by atomic mass is 32.2. The number of nitrogens with zero attached hydrogens (tertiary/aromatic N) is 2. The molecule has 1 aliphatic rings. The van der Waals surface area contributed by atoms with Crippen LogP contribution in [-0.2, 0) is 0 Å². The molecule has 110 valence electrons. The van der Waals surface area contributed by atoms with Crippen molar-refractivity contribution in [3.63, 3.8) is 0 Å². The molecule has 0 aliphatic carbocycles. The summed E-state index contributed by atoms with van der Waals surface area (Å²) < 4.78 is 1.69. The molecule has 0 spiro atoms. The molecular weight excluding hydrogens is 284 g/mol. The zero-order valence-electron chi connectivity index (χ0n) is 11.7. The number of hydrogen-bond donors (Lipinski definition) is 2. The molecule has 3 rings (SSSR count). The molecule has 0 radical (unpaired) electrons. The van der Waals surface area contributed by atoms with E-state index in [1.165, 1.54) is 0 Å². The van der Waals surface area contributed by atoms with Gasteiger partial charge < -0.3 is 11.1 Å². The van der Waals surface area contributed by atoms with Crippen LogP contribution < -0.4 is 11.1 Å². The third-order valence-corrected chi connectivity index (χ3v) is 4.58. The van der Waals surface area contributed by atoms with Gasteiger partial charge in [-0.05, 0) is 54.7 Å². The van der Waals surface area contributed by atoms with Crippen LogP contribution in [0.3, 0.4) is 0 Å². The van der Waals surface area contributed by atoms with Crippen LogP contribution in [0.1, 0.15) is 23.3 Å². The van der Waals surface area contributed by atoms with Crippen LogP contribution >= 0.6 is 11.8 Å². The van der Waals surface area contributed by atoms with Crippen molar-refractivity contribution < 1.29 is 4.79 Å². The molecule has 21 heavy (non-hydrogen) atoms. The fraction of sp³-hybridized carbons (Fsp3) is 0.333. The second-order valence-electron chi connectivity index (χ2n) is 5.10. The minimum absolute atomic E-state index is 0.0962. The molecule has 1 aromatic carbocycles. The van der Waals surface area contributed by atoms with Crippen molar-refractivity contribution in [2.24, 2.45) is 0 Å². The van der Waals surface area contributed by atoms with Crippen LogP contribution in [0.5, 0.6) is 0 Å². The number of thioether (sulfide) groups is 1. The van der Waals surface area contributed by atoms with E-state index in [4.69, 9.17) is 5.73 Å². The van der Waals surface area contributed by atoms with E-state index < -0.39 is 0 Å². The summed E-state index contributed by atoms with van der Waals surface area (Å²) in [5.74, 6) is 2.14. The molecule has 1 fully saturated rings. The Bertz CT molecular complexity index is 617. The smallest absolute Gasteiger partial charge is 0.272 e. The van der Waals surface area contributed by atoms with E-state index in [-0.39, 0.29) is 11.9 Å². The minimum atomic E-state index is -0.0962. The summed E-state index contributed by atoms with van der Waals surface area (Å²) in [4.78, 5) is 12.2. The zero-order valence-corrected chi connectivity index (χ0v) is 12.5. The lowest BCUT2D eigenvalue weighted by Crippen LogP contribution is -2.37. The maximum Gasteiger partial charge on any atom is 0.272 e. The maximum absolute atomic E-state index is 12.2. The monoisotopic (exact) mass is 302 g/mol. The average Bonchev–Trinajstić information content (AvgIpc) is 2.99. The summed E-state index contributed by atoms with van der Waals surface area (Å²) in [5.41, 5.74) is 7.71. The normalized spacial score (nSPS) is 15.8. The van der Waals surface area contributed by atoms with E-state index in [0.29, 0.717) is 11.4 Å². The number of nitrogen functional groups attached to an aromatic ring is 1. The van der Waals surface area contributed by atoms with Crippen molar-refractivity contribution in [2.75, 3.05) is 17.2 Å². The lowest BCUT2D eigenvalue weighted by Gasteiger charge is -2.21. The van der Waals surface area contributed by atoms with Crippen LogP contribution in [0.25, 0.3) is 5.69 Å². The molecule has 0 bridgehead atoms. The van der Waals surface area contributed by atoms with Crippen molar-refractivity contribution in [1.82, 2.24) is 15.1 Å². The molecule has 0 atom stereocenters. The summed E-state index contributed by atoms with van der Waals surface area (Å²) in [6, 6.07) is 9.40. The predicted molar refractivity (Wildman–Crippen MR) is 85.8 cm³/mol. The second-order valence-corrected chi connectivity index (χ2v) is 6.32. The third kappa shape index (κ3) is 3.39. The van der Waals surface area contributed by atoms with E-state index in [0.717, 1.165) is 30.0 Å². The highest BCUT2D eigenvalue weighted by molar-refractivity contribution is 7.99.